The highest BCUT2D eigenvalue weighted by molar-refractivity contribution is 9.10. The van der Waals surface area contributed by atoms with Crippen molar-refractivity contribution in [3.8, 4) is 10.7 Å². The summed E-state index contributed by atoms with van der Waals surface area (Å²) in [6, 6.07) is 1.94. The number of hydrogen-bond donors (Lipinski definition) is 2. The summed E-state index contributed by atoms with van der Waals surface area (Å²) in [7, 11) is 0. The molecule has 6 nitrogen and oxygen atoms in total. The molecule has 0 radical (unpaired) electrons. The van der Waals surface area contributed by atoms with Gasteiger partial charge in [-0.05, 0) is 35.0 Å². The highest BCUT2D eigenvalue weighted by Gasteiger charge is 2.12. The van der Waals surface area contributed by atoms with Gasteiger partial charge in [-0.25, -0.2) is 0 Å². The van der Waals surface area contributed by atoms with E-state index in [1.165, 1.54) is 11.3 Å². The van der Waals surface area contributed by atoms with Crippen LogP contribution in [0, 0.1) is 0 Å². The molecule has 0 atom stereocenters. The Bertz CT molecular complexity index is 599. The lowest BCUT2D eigenvalue weighted by Crippen LogP contribution is -2.32. The third kappa shape index (κ3) is 5.51. The quantitative estimate of drug-likeness (QED) is 0.647. The number of aryl methyl sites for hydroxylation is 1. The van der Waals surface area contributed by atoms with Gasteiger partial charge in [0, 0.05) is 35.8 Å². The predicted molar refractivity (Wildman–Crippen MR) is 89.8 cm³/mol. The second kappa shape index (κ2) is 9.02. The van der Waals surface area contributed by atoms with Gasteiger partial charge in [0.15, 0.2) is 0 Å². The van der Waals surface area contributed by atoms with Crippen molar-refractivity contribution in [3.05, 3.63) is 21.8 Å². The molecule has 0 saturated heterocycles. The summed E-state index contributed by atoms with van der Waals surface area (Å²) in [5, 5.41) is 12.0. The predicted octanol–water partition coefficient (Wildman–Crippen LogP) is 2.61. The minimum absolute atomic E-state index is 0.00286. The first kappa shape index (κ1) is 17.1. The standard InChI is InChI=1S/C14H19BrN4O2S/c1-2-5-16-6-7-17-12(20)3-4-13-18-14(19-21-13)11-8-10(15)9-22-11/h8-9,16H,2-7H2,1H3,(H,17,20). The number of rotatable bonds is 9. The van der Waals surface area contributed by atoms with Crippen LogP contribution in [-0.2, 0) is 11.2 Å². The topological polar surface area (TPSA) is 80.0 Å². The van der Waals surface area contributed by atoms with Gasteiger partial charge in [-0.15, -0.1) is 11.3 Å². The fraction of sp³-hybridized carbons (Fsp3) is 0.500. The number of thiophene rings is 1. The molecule has 2 N–H and O–H groups in total. The third-order valence-corrected chi connectivity index (χ3v) is 4.56. The van der Waals surface area contributed by atoms with Crippen LogP contribution in [0.3, 0.4) is 0 Å². The van der Waals surface area contributed by atoms with Gasteiger partial charge in [-0.2, -0.15) is 4.98 Å². The van der Waals surface area contributed by atoms with Crippen LogP contribution in [0.4, 0.5) is 0 Å². The molecule has 1 amide bonds. The molecule has 2 aromatic heterocycles. The van der Waals surface area contributed by atoms with Crippen LogP contribution in [0.15, 0.2) is 20.4 Å². The summed E-state index contributed by atoms with van der Waals surface area (Å²) < 4.78 is 6.17. The van der Waals surface area contributed by atoms with E-state index in [1.807, 2.05) is 11.4 Å². The van der Waals surface area contributed by atoms with E-state index in [1.54, 1.807) is 0 Å². The summed E-state index contributed by atoms with van der Waals surface area (Å²) in [6.07, 6.45) is 1.89. The number of carbonyl (C=O) groups is 1. The first-order valence-corrected chi connectivity index (χ1v) is 8.90. The Morgan fingerprint density at radius 3 is 3.00 bits per heavy atom. The smallest absolute Gasteiger partial charge is 0.227 e. The van der Waals surface area contributed by atoms with E-state index in [9.17, 15) is 4.79 Å². The van der Waals surface area contributed by atoms with Crippen molar-refractivity contribution < 1.29 is 9.32 Å². The second-order valence-corrected chi connectivity index (χ2v) is 6.57. The van der Waals surface area contributed by atoms with Gasteiger partial charge < -0.3 is 15.2 Å². The average Bonchev–Trinajstić information content (AvgIpc) is 3.13. The number of carbonyl (C=O) groups excluding carboxylic acids is 1. The van der Waals surface area contributed by atoms with Gasteiger partial charge in [-0.1, -0.05) is 12.1 Å². The lowest BCUT2D eigenvalue weighted by molar-refractivity contribution is -0.121. The molecule has 0 bridgehead atoms. The van der Waals surface area contributed by atoms with Crippen LogP contribution < -0.4 is 10.6 Å². The first-order valence-electron chi connectivity index (χ1n) is 7.23. The Kier molecular flexibility index (Phi) is 7.01. The van der Waals surface area contributed by atoms with E-state index in [-0.39, 0.29) is 5.91 Å². The zero-order valence-corrected chi connectivity index (χ0v) is 14.8. The molecule has 0 aliphatic heterocycles. The van der Waals surface area contributed by atoms with Crippen LogP contribution in [0.25, 0.3) is 10.7 Å². The van der Waals surface area contributed by atoms with Crippen LogP contribution in [-0.4, -0.2) is 35.7 Å². The zero-order chi connectivity index (χ0) is 15.8. The SMILES string of the molecule is CCCNCCNC(=O)CCc1nc(-c2cc(Br)cs2)no1. The minimum Gasteiger partial charge on any atom is -0.355 e. The Hall–Kier alpha value is -1.25. The lowest BCUT2D eigenvalue weighted by Gasteiger charge is -2.04. The lowest BCUT2D eigenvalue weighted by atomic mass is 10.3. The Labute approximate surface area is 141 Å². The monoisotopic (exact) mass is 386 g/mol. The van der Waals surface area contributed by atoms with E-state index < -0.39 is 0 Å². The van der Waals surface area contributed by atoms with Gasteiger partial charge >= 0.3 is 0 Å². The number of nitrogens with zero attached hydrogens (tertiary/aromatic N) is 2. The number of nitrogens with one attached hydrogen (secondary N) is 2. The molecule has 0 fully saturated rings. The van der Waals surface area contributed by atoms with Gasteiger partial charge in [0.1, 0.15) is 0 Å². The van der Waals surface area contributed by atoms with E-state index in [4.69, 9.17) is 4.52 Å². The fourth-order valence-corrected chi connectivity index (χ4v) is 3.14. The molecular formula is C14H19BrN4O2S. The van der Waals surface area contributed by atoms with Gasteiger partial charge in [-0.3, -0.25) is 4.79 Å². The number of hydrogen-bond acceptors (Lipinski definition) is 6. The molecule has 22 heavy (non-hydrogen) atoms. The summed E-state index contributed by atoms with van der Waals surface area (Å²) >= 11 is 4.93. The molecule has 120 valence electrons. The van der Waals surface area contributed by atoms with Crippen LogP contribution >= 0.6 is 27.3 Å². The molecule has 8 heteroatoms. The average molecular weight is 387 g/mol. The van der Waals surface area contributed by atoms with Crippen molar-refractivity contribution in [1.29, 1.82) is 0 Å². The molecule has 0 saturated carbocycles. The number of aromatic nitrogens is 2. The van der Waals surface area contributed by atoms with Crippen molar-refractivity contribution in [2.75, 3.05) is 19.6 Å². The van der Waals surface area contributed by atoms with E-state index in [0.717, 1.165) is 28.9 Å². The molecule has 0 unspecified atom stereocenters. The highest BCUT2D eigenvalue weighted by Crippen LogP contribution is 2.27. The van der Waals surface area contributed by atoms with E-state index in [2.05, 4.69) is 43.6 Å². The maximum Gasteiger partial charge on any atom is 0.227 e. The number of halogens is 1. The van der Waals surface area contributed by atoms with Crippen LogP contribution in [0.2, 0.25) is 0 Å². The fourth-order valence-electron chi connectivity index (χ4n) is 1.79. The Morgan fingerprint density at radius 2 is 2.27 bits per heavy atom. The second-order valence-electron chi connectivity index (χ2n) is 4.74. The Morgan fingerprint density at radius 1 is 1.41 bits per heavy atom. The largest absolute Gasteiger partial charge is 0.355 e. The van der Waals surface area contributed by atoms with Crippen molar-refractivity contribution >= 4 is 33.2 Å². The van der Waals surface area contributed by atoms with Gasteiger partial charge in [0.25, 0.3) is 0 Å². The maximum atomic E-state index is 11.7. The van der Waals surface area contributed by atoms with Gasteiger partial charge in [0.05, 0.1) is 4.88 Å². The minimum atomic E-state index is -0.00286. The molecular weight excluding hydrogens is 368 g/mol. The molecule has 0 spiro atoms. The molecule has 0 aliphatic carbocycles. The Balaban J connectivity index is 1.71. The molecule has 2 aromatic rings. The molecule has 0 aromatic carbocycles. The zero-order valence-electron chi connectivity index (χ0n) is 12.4. The third-order valence-electron chi connectivity index (χ3n) is 2.87. The maximum absolute atomic E-state index is 11.7. The van der Waals surface area contributed by atoms with Gasteiger partial charge in [0.2, 0.25) is 17.6 Å². The normalized spacial score (nSPS) is 10.8. The summed E-state index contributed by atoms with van der Waals surface area (Å²) in [4.78, 5) is 16.9. The molecule has 2 heterocycles. The summed E-state index contributed by atoms with van der Waals surface area (Å²) in [5.41, 5.74) is 0. The highest BCUT2D eigenvalue weighted by atomic mass is 79.9. The molecule has 0 aliphatic rings. The van der Waals surface area contributed by atoms with Crippen molar-refractivity contribution in [3.63, 3.8) is 0 Å². The van der Waals surface area contributed by atoms with Crippen LogP contribution in [0.1, 0.15) is 25.7 Å². The summed E-state index contributed by atoms with van der Waals surface area (Å²) in [6.45, 7) is 4.51. The van der Waals surface area contributed by atoms with Crippen molar-refractivity contribution in [2.45, 2.75) is 26.2 Å². The van der Waals surface area contributed by atoms with Crippen LogP contribution in [0.5, 0.6) is 0 Å². The number of amides is 1. The van der Waals surface area contributed by atoms with Crippen molar-refractivity contribution in [1.82, 2.24) is 20.8 Å². The van der Waals surface area contributed by atoms with Crippen molar-refractivity contribution in [2.24, 2.45) is 0 Å². The first-order chi connectivity index (χ1) is 10.7. The summed E-state index contributed by atoms with van der Waals surface area (Å²) in [5.74, 6) is 1.05. The van der Waals surface area contributed by atoms with E-state index >= 15 is 0 Å². The molecule has 2 rings (SSSR count). The van der Waals surface area contributed by atoms with E-state index in [0.29, 0.717) is 31.1 Å².